The molecule has 4 nitrogen and oxygen atoms in total. The average Bonchev–Trinajstić information content (AvgIpc) is 2.06. The maximum absolute atomic E-state index is 10.9. The molecule has 1 aromatic rings. The molecule has 0 aliphatic heterocycles. The van der Waals surface area contributed by atoms with Crippen molar-refractivity contribution < 1.29 is 4.79 Å². The van der Waals surface area contributed by atoms with Crippen LogP contribution in [-0.2, 0) is 4.79 Å². The van der Waals surface area contributed by atoms with E-state index >= 15 is 0 Å². The minimum atomic E-state index is -0.196. The van der Waals surface area contributed by atoms with E-state index in [1.807, 2.05) is 0 Å². The van der Waals surface area contributed by atoms with Crippen molar-refractivity contribution in [3.63, 3.8) is 0 Å². The van der Waals surface area contributed by atoms with E-state index in [-0.39, 0.29) is 5.91 Å². The van der Waals surface area contributed by atoms with Gasteiger partial charge in [0.2, 0.25) is 5.91 Å². The fourth-order valence-electron chi connectivity index (χ4n) is 0.683. The van der Waals surface area contributed by atoms with E-state index in [1.54, 1.807) is 19.2 Å². The number of aromatic nitrogens is 2. The number of anilines is 1. The first kappa shape index (κ1) is 8.39. The van der Waals surface area contributed by atoms with Crippen LogP contribution in [0.3, 0.4) is 0 Å². The summed E-state index contributed by atoms with van der Waals surface area (Å²) in [7, 11) is 0. The zero-order valence-corrected chi connectivity index (χ0v) is 6.69. The van der Waals surface area contributed by atoms with E-state index in [1.165, 1.54) is 18.5 Å². The van der Waals surface area contributed by atoms with Crippen LogP contribution in [0.15, 0.2) is 30.7 Å². The van der Waals surface area contributed by atoms with Crippen molar-refractivity contribution in [2.45, 2.75) is 6.92 Å². The Morgan fingerprint density at radius 3 is 3.00 bits per heavy atom. The quantitative estimate of drug-likeness (QED) is 0.661. The third-order valence-electron chi connectivity index (χ3n) is 1.13. The summed E-state index contributed by atoms with van der Waals surface area (Å²) in [5.41, 5.74) is 0. The van der Waals surface area contributed by atoms with Crippen molar-refractivity contribution in [3.8, 4) is 0 Å². The topological polar surface area (TPSA) is 54.9 Å². The van der Waals surface area contributed by atoms with Crippen LogP contribution in [0.4, 0.5) is 5.82 Å². The second-order valence-corrected chi connectivity index (χ2v) is 2.08. The largest absolute Gasteiger partial charge is 0.306 e. The van der Waals surface area contributed by atoms with E-state index in [0.29, 0.717) is 5.82 Å². The minimum Gasteiger partial charge on any atom is -0.306 e. The standard InChI is InChI=1S/C8H9N3O/c1-2-3-8(12)11-7-6-9-4-5-10-7/h2-6H,1H3,(H,10,11,12). The van der Waals surface area contributed by atoms with Crippen LogP contribution in [0.5, 0.6) is 0 Å². The van der Waals surface area contributed by atoms with Crippen LogP contribution >= 0.6 is 0 Å². The number of carbonyl (C=O) groups excluding carboxylic acids is 1. The Labute approximate surface area is 70.4 Å². The molecule has 0 bridgehead atoms. The second-order valence-electron chi connectivity index (χ2n) is 2.08. The van der Waals surface area contributed by atoms with E-state index in [9.17, 15) is 4.79 Å². The Morgan fingerprint density at radius 2 is 2.42 bits per heavy atom. The average molecular weight is 163 g/mol. The van der Waals surface area contributed by atoms with Gasteiger partial charge in [-0.2, -0.15) is 0 Å². The Hall–Kier alpha value is -1.71. The molecule has 1 amide bonds. The number of nitrogens with zero attached hydrogens (tertiary/aromatic N) is 2. The Kier molecular flexibility index (Phi) is 2.95. The van der Waals surface area contributed by atoms with Gasteiger partial charge in [0.15, 0.2) is 5.82 Å². The van der Waals surface area contributed by atoms with Gasteiger partial charge in [-0.15, -0.1) is 0 Å². The summed E-state index contributed by atoms with van der Waals surface area (Å²) in [4.78, 5) is 18.6. The van der Waals surface area contributed by atoms with Crippen LogP contribution in [0.1, 0.15) is 6.92 Å². The van der Waals surface area contributed by atoms with Gasteiger partial charge in [0.05, 0.1) is 6.20 Å². The summed E-state index contributed by atoms with van der Waals surface area (Å²) >= 11 is 0. The number of allylic oxidation sites excluding steroid dienone is 1. The normalized spacial score (nSPS) is 10.1. The maximum atomic E-state index is 10.9. The highest BCUT2D eigenvalue weighted by atomic mass is 16.1. The van der Waals surface area contributed by atoms with E-state index in [2.05, 4.69) is 15.3 Å². The number of rotatable bonds is 2. The molecule has 0 atom stereocenters. The van der Waals surface area contributed by atoms with Gasteiger partial charge in [-0.3, -0.25) is 9.78 Å². The first-order valence-electron chi connectivity index (χ1n) is 3.52. The van der Waals surface area contributed by atoms with Crippen LogP contribution < -0.4 is 5.32 Å². The SMILES string of the molecule is CC=CC(=O)Nc1cnccn1. The summed E-state index contributed by atoms with van der Waals surface area (Å²) < 4.78 is 0. The number of nitrogens with one attached hydrogen (secondary N) is 1. The van der Waals surface area contributed by atoms with Gasteiger partial charge in [-0.05, 0) is 13.0 Å². The molecule has 0 unspecified atom stereocenters. The fraction of sp³-hybridized carbons (Fsp3) is 0.125. The Morgan fingerprint density at radius 1 is 1.58 bits per heavy atom. The van der Waals surface area contributed by atoms with Crippen molar-refractivity contribution >= 4 is 11.7 Å². The molecule has 4 heteroatoms. The molecule has 62 valence electrons. The zero-order valence-electron chi connectivity index (χ0n) is 6.69. The van der Waals surface area contributed by atoms with Gasteiger partial charge in [0.25, 0.3) is 0 Å². The highest BCUT2D eigenvalue weighted by Crippen LogP contribution is 1.96. The highest BCUT2D eigenvalue weighted by Gasteiger charge is 1.95. The number of hydrogen-bond donors (Lipinski definition) is 1. The monoisotopic (exact) mass is 163 g/mol. The summed E-state index contributed by atoms with van der Waals surface area (Å²) in [6, 6.07) is 0. The van der Waals surface area contributed by atoms with Crippen molar-refractivity contribution in [2.24, 2.45) is 0 Å². The Bertz CT molecular complexity index is 282. The first-order valence-corrected chi connectivity index (χ1v) is 3.52. The van der Waals surface area contributed by atoms with Crippen molar-refractivity contribution in [2.75, 3.05) is 5.32 Å². The lowest BCUT2D eigenvalue weighted by Gasteiger charge is -1.97. The van der Waals surface area contributed by atoms with Crippen LogP contribution in [-0.4, -0.2) is 15.9 Å². The smallest absolute Gasteiger partial charge is 0.249 e. The molecule has 0 saturated heterocycles. The van der Waals surface area contributed by atoms with Gasteiger partial charge in [0, 0.05) is 12.4 Å². The zero-order chi connectivity index (χ0) is 8.81. The van der Waals surface area contributed by atoms with Gasteiger partial charge >= 0.3 is 0 Å². The lowest BCUT2D eigenvalue weighted by molar-refractivity contribution is -0.111. The summed E-state index contributed by atoms with van der Waals surface area (Å²) in [6.45, 7) is 1.77. The van der Waals surface area contributed by atoms with Gasteiger partial charge in [0.1, 0.15) is 0 Å². The third kappa shape index (κ3) is 2.49. The summed E-state index contributed by atoms with van der Waals surface area (Å²) in [6.07, 6.45) is 7.64. The van der Waals surface area contributed by atoms with E-state index in [0.717, 1.165) is 0 Å². The number of hydrogen-bond acceptors (Lipinski definition) is 3. The molecule has 1 N–H and O–H groups in total. The summed E-state index contributed by atoms with van der Waals surface area (Å²) in [5, 5.41) is 2.54. The molecule has 0 radical (unpaired) electrons. The molecule has 0 aliphatic rings. The maximum Gasteiger partial charge on any atom is 0.249 e. The molecule has 0 aromatic carbocycles. The second kappa shape index (κ2) is 4.23. The predicted molar refractivity (Wildman–Crippen MR) is 45.5 cm³/mol. The molecule has 0 aliphatic carbocycles. The minimum absolute atomic E-state index is 0.196. The number of carbonyl (C=O) groups is 1. The van der Waals surface area contributed by atoms with Crippen LogP contribution in [0.2, 0.25) is 0 Å². The molecule has 0 fully saturated rings. The van der Waals surface area contributed by atoms with Crippen LogP contribution in [0.25, 0.3) is 0 Å². The van der Waals surface area contributed by atoms with Crippen molar-refractivity contribution in [1.82, 2.24) is 9.97 Å². The lowest BCUT2D eigenvalue weighted by Crippen LogP contribution is -2.08. The fourth-order valence-corrected chi connectivity index (χ4v) is 0.683. The third-order valence-corrected chi connectivity index (χ3v) is 1.13. The van der Waals surface area contributed by atoms with Crippen molar-refractivity contribution in [3.05, 3.63) is 30.7 Å². The van der Waals surface area contributed by atoms with Gasteiger partial charge in [-0.25, -0.2) is 4.98 Å². The van der Waals surface area contributed by atoms with E-state index in [4.69, 9.17) is 0 Å². The Balaban J connectivity index is 2.59. The molecule has 1 rings (SSSR count). The number of amides is 1. The molecular formula is C8H9N3O. The predicted octanol–water partition coefficient (Wildman–Crippen LogP) is 0.991. The van der Waals surface area contributed by atoms with Crippen molar-refractivity contribution in [1.29, 1.82) is 0 Å². The summed E-state index contributed by atoms with van der Waals surface area (Å²) in [5.74, 6) is 0.263. The highest BCUT2D eigenvalue weighted by molar-refractivity contribution is 5.98. The van der Waals surface area contributed by atoms with Gasteiger partial charge in [-0.1, -0.05) is 6.08 Å². The molecule has 1 heterocycles. The molecular weight excluding hydrogens is 154 g/mol. The van der Waals surface area contributed by atoms with Gasteiger partial charge < -0.3 is 5.32 Å². The van der Waals surface area contributed by atoms with Crippen LogP contribution in [0, 0.1) is 0 Å². The first-order chi connectivity index (χ1) is 5.83. The lowest BCUT2D eigenvalue weighted by atomic mass is 10.5. The molecule has 12 heavy (non-hydrogen) atoms. The molecule has 0 saturated carbocycles. The molecule has 1 aromatic heterocycles. The van der Waals surface area contributed by atoms with E-state index < -0.39 is 0 Å². The molecule has 0 spiro atoms.